The van der Waals surface area contributed by atoms with Gasteiger partial charge < -0.3 is 19.6 Å². The Morgan fingerprint density at radius 2 is 1.76 bits per heavy atom. The van der Waals surface area contributed by atoms with Crippen molar-refractivity contribution >= 4 is 17.6 Å². The van der Waals surface area contributed by atoms with Gasteiger partial charge in [-0.15, -0.1) is 0 Å². The molecule has 0 saturated carbocycles. The second-order valence-corrected chi connectivity index (χ2v) is 10.1. The fourth-order valence-corrected chi connectivity index (χ4v) is 4.77. The summed E-state index contributed by atoms with van der Waals surface area (Å²) in [6, 6.07) is 18.4. The molecule has 8 nitrogen and oxygen atoms in total. The van der Waals surface area contributed by atoms with E-state index < -0.39 is 5.97 Å². The van der Waals surface area contributed by atoms with Crippen LogP contribution in [0.5, 0.6) is 5.75 Å². The Hall–Kier alpha value is -3.65. The van der Waals surface area contributed by atoms with Gasteiger partial charge in [0, 0.05) is 58.2 Å². The third-order valence-electron chi connectivity index (χ3n) is 7.05. The van der Waals surface area contributed by atoms with Gasteiger partial charge in [0.1, 0.15) is 12.4 Å². The van der Waals surface area contributed by atoms with Gasteiger partial charge in [0.2, 0.25) is 5.95 Å². The van der Waals surface area contributed by atoms with Crippen LogP contribution in [0.4, 0.5) is 11.6 Å². The lowest BCUT2D eigenvalue weighted by atomic mass is 10.0. The van der Waals surface area contributed by atoms with E-state index in [1.165, 1.54) is 11.8 Å². The van der Waals surface area contributed by atoms with Crippen LogP contribution < -0.4 is 14.5 Å². The molecule has 3 aromatic rings. The molecular formula is C30H39N5O3. The van der Waals surface area contributed by atoms with Crippen LogP contribution in [-0.4, -0.2) is 78.9 Å². The monoisotopic (exact) mass is 517 g/mol. The number of nitrogens with zero attached hydrogens (tertiary/aromatic N) is 5. The number of hydrogen-bond donors (Lipinski definition) is 1. The summed E-state index contributed by atoms with van der Waals surface area (Å²) in [5, 5.41) is 9.68. The van der Waals surface area contributed by atoms with E-state index in [2.05, 4.69) is 57.8 Å². The lowest BCUT2D eigenvalue weighted by Gasteiger charge is -2.34. The quantitative estimate of drug-likeness (QED) is 0.374. The van der Waals surface area contributed by atoms with Crippen molar-refractivity contribution in [3.63, 3.8) is 0 Å². The highest BCUT2D eigenvalue weighted by Crippen LogP contribution is 2.26. The first-order valence-corrected chi connectivity index (χ1v) is 13.5. The second-order valence-electron chi connectivity index (χ2n) is 10.1. The molecule has 38 heavy (non-hydrogen) atoms. The Bertz CT molecular complexity index is 1180. The molecule has 1 aromatic heterocycles. The minimum Gasteiger partial charge on any atom is -0.492 e. The predicted octanol–water partition coefficient (Wildman–Crippen LogP) is 4.57. The van der Waals surface area contributed by atoms with Crippen molar-refractivity contribution in [1.82, 2.24) is 14.9 Å². The molecular weight excluding hydrogens is 478 g/mol. The SMILES string of the molecule is CC(C)c1ccccc1OCCN1CCN(c2ncc(C(=O)O)c(CCCN(C)c3ccccc3)n2)CC1. The molecule has 0 aliphatic carbocycles. The van der Waals surface area contributed by atoms with Gasteiger partial charge in [-0.25, -0.2) is 14.8 Å². The maximum Gasteiger partial charge on any atom is 0.339 e. The maximum atomic E-state index is 11.8. The Morgan fingerprint density at radius 3 is 2.47 bits per heavy atom. The van der Waals surface area contributed by atoms with Gasteiger partial charge >= 0.3 is 5.97 Å². The zero-order valence-corrected chi connectivity index (χ0v) is 22.7. The number of aryl methyl sites for hydroxylation is 1. The van der Waals surface area contributed by atoms with E-state index in [1.807, 2.05) is 37.4 Å². The number of aromatic carboxylic acids is 1. The van der Waals surface area contributed by atoms with Crippen LogP contribution >= 0.6 is 0 Å². The first-order chi connectivity index (χ1) is 18.4. The minimum atomic E-state index is -0.980. The Morgan fingerprint density at radius 1 is 1.05 bits per heavy atom. The summed E-state index contributed by atoms with van der Waals surface area (Å²) < 4.78 is 6.11. The average Bonchev–Trinajstić information content (AvgIpc) is 2.94. The van der Waals surface area contributed by atoms with Crippen molar-refractivity contribution in [2.24, 2.45) is 0 Å². The van der Waals surface area contributed by atoms with E-state index in [-0.39, 0.29) is 5.56 Å². The third-order valence-corrected chi connectivity index (χ3v) is 7.05. The van der Waals surface area contributed by atoms with Crippen molar-refractivity contribution < 1.29 is 14.6 Å². The molecule has 0 spiro atoms. The molecule has 1 aliphatic rings. The molecule has 4 rings (SSSR count). The highest BCUT2D eigenvalue weighted by Gasteiger charge is 2.21. The lowest BCUT2D eigenvalue weighted by molar-refractivity contribution is 0.0694. The van der Waals surface area contributed by atoms with E-state index in [1.54, 1.807) is 0 Å². The number of para-hydroxylation sites is 2. The zero-order chi connectivity index (χ0) is 26.9. The largest absolute Gasteiger partial charge is 0.492 e. The number of carbonyl (C=O) groups is 1. The summed E-state index contributed by atoms with van der Waals surface area (Å²) >= 11 is 0. The van der Waals surface area contributed by atoms with E-state index in [4.69, 9.17) is 9.72 Å². The van der Waals surface area contributed by atoms with Crippen LogP contribution in [0, 0.1) is 0 Å². The van der Waals surface area contributed by atoms with Crippen LogP contribution in [0.15, 0.2) is 60.8 Å². The number of rotatable bonds is 12. The molecule has 1 fully saturated rings. The topological polar surface area (TPSA) is 82.0 Å². The lowest BCUT2D eigenvalue weighted by Crippen LogP contribution is -2.48. The predicted molar refractivity (Wildman–Crippen MR) is 152 cm³/mol. The highest BCUT2D eigenvalue weighted by atomic mass is 16.5. The molecule has 8 heteroatoms. The van der Waals surface area contributed by atoms with Gasteiger partial charge in [-0.05, 0) is 42.5 Å². The van der Waals surface area contributed by atoms with Crippen LogP contribution in [0.3, 0.4) is 0 Å². The van der Waals surface area contributed by atoms with Gasteiger partial charge in [-0.3, -0.25) is 4.90 Å². The molecule has 0 atom stereocenters. The van der Waals surface area contributed by atoms with Crippen molar-refractivity contribution in [3.05, 3.63) is 77.6 Å². The number of anilines is 2. The van der Waals surface area contributed by atoms with Crippen molar-refractivity contribution in [2.75, 3.05) is 62.7 Å². The average molecular weight is 518 g/mol. The third kappa shape index (κ3) is 7.22. The van der Waals surface area contributed by atoms with Crippen molar-refractivity contribution in [1.29, 1.82) is 0 Å². The number of aromatic nitrogens is 2. The Kier molecular flexibility index (Phi) is 9.54. The molecule has 1 N–H and O–H groups in total. The molecule has 0 radical (unpaired) electrons. The Labute approximate surface area is 225 Å². The van der Waals surface area contributed by atoms with Crippen LogP contribution in [0.1, 0.15) is 47.8 Å². The molecule has 202 valence electrons. The van der Waals surface area contributed by atoms with Gasteiger partial charge in [0.25, 0.3) is 0 Å². The number of ether oxygens (including phenoxy) is 1. The molecule has 2 heterocycles. The van der Waals surface area contributed by atoms with Gasteiger partial charge in [0.05, 0.1) is 11.3 Å². The maximum absolute atomic E-state index is 11.8. The number of benzene rings is 2. The standard InChI is InChI=1S/C30H39N5O3/c1-23(2)25-12-7-8-14-28(25)38-21-20-34-16-18-35(19-17-34)30-31-22-26(29(36)37)27(32-30)13-9-15-33(3)24-10-5-4-6-11-24/h4-8,10-12,14,22-23H,9,13,15-21H2,1-3H3,(H,36,37). The first kappa shape index (κ1) is 27.4. The van der Waals surface area contributed by atoms with Crippen molar-refractivity contribution in [3.8, 4) is 5.75 Å². The zero-order valence-electron chi connectivity index (χ0n) is 22.7. The normalized spacial score (nSPS) is 14.1. The number of hydrogen-bond acceptors (Lipinski definition) is 7. The number of carboxylic acid groups (broad SMARTS) is 1. The van der Waals surface area contributed by atoms with E-state index in [0.29, 0.717) is 30.6 Å². The summed E-state index contributed by atoms with van der Waals surface area (Å²) in [4.78, 5) is 27.6. The minimum absolute atomic E-state index is 0.188. The Balaban J connectivity index is 1.29. The molecule has 0 unspecified atom stereocenters. The number of carboxylic acids is 1. The second kappa shape index (κ2) is 13.2. The number of piperazine rings is 1. The van der Waals surface area contributed by atoms with Crippen molar-refractivity contribution in [2.45, 2.75) is 32.6 Å². The summed E-state index contributed by atoms with van der Waals surface area (Å²) in [6.07, 6.45) is 2.85. The highest BCUT2D eigenvalue weighted by molar-refractivity contribution is 5.88. The molecule has 2 aromatic carbocycles. The van der Waals surface area contributed by atoms with E-state index in [9.17, 15) is 9.90 Å². The summed E-state index contributed by atoms with van der Waals surface area (Å²) in [5.41, 5.74) is 3.17. The molecule has 0 bridgehead atoms. The fraction of sp³-hybridized carbons (Fsp3) is 0.433. The van der Waals surface area contributed by atoms with Crippen LogP contribution in [0.25, 0.3) is 0 Å². The van der Waals surface area contributed by atoms with Gasteiger partial charge in [-0.1, -0.05) is 50.2 Å². The summed E-state index contributed by atoms with van der Waals surface area (Å²) in [7, 11) is 2.05. The summed E-state index contributed by atoms with van der Waals surface area (Å²) in [5.74, 6) is 1.03. The molecule has 1 saturated heterocycles. The molecule has 0 amide bonds. The molecule has 1 aliphatic heterocycles. The van der Waals surface area contributed by atoms with E-state index in [0.717, 1.165) is 57.1 Å². The van der Waals surface area contributed by atoms with Gasteiger partial charge in [-0.2, -0.15) is 0 Å². The van der Waals surface area contributed by atoms with Crippen LogP contribution in [-0.2, 0) is 6.42 Å². The van der Waals surface area contributed by atoms with Gasteiger partial charge in [0.15, 0.2) is 0 Å². The first-order valence-electron chi connectivity index (χ1n) is 13.5. The van der Waals surface area contributed by atoms with E-state index >= 15 is 0 Å². The fourth-order valence-electron chi connectivity index (χ4n) is 4.77. The summed E-state index contributed by atoms with van der Waals surface area (Å²) in [6.45, 7) is 10.0. The van der Waals surface area contributed by atoms with Crippen LogP contribution in [0.2, 0.25) is 0 Å². The smallest absolute Gasteiger partial charge is 0.339 e.